The second-order valence-corrected chi connectivity index (χ2v) is 8.84. The Kier molecular flexibility index (Phi) is 7.58. The molecule has 0 spiro atoms. The number of rotatable bonds is 8. The van der Waals surface area contributed by atoms with Gasteiger partial charge in [0.15, 0.2) is 0 Å². The molecule has 0 amide bonds. The molecule has 1 heterocycles. The molecular weight excluding hydrogens is 479 g/mol. The Bertz CT molecular complexity index is 1440. The lowest BCUT2D eigenvalue weighted by Gasteiger charge is -2.23. The van der Waals surface area contributed by atoms with Gasteiger partial charge in [0.05, 0.1) is 17.9 Å². The number of benzene rings is 3. The van der Waals surface area contributed by atoms with Crippen molar-refractivity contribution in [2.24, 2.45) is 0 Å². The fourth-order valence-electron chi connectivity index (χ4n) is 4.45. The first-order valence-corrected chi connectivity index (χ1v) is 11.8. The Morgan fingerprint density at radius 1 is 1.03 bits per heavy atom. The molecule has 2 unspecified atom stereocenters. The molecule has 2 atom stereocenters. The number of aromatic nitrogens is 1. The van der Waals surface area contributed by atoms with E-state index in [0.717, 1.165) is 39.7 Å². The number of alkyl halides is 3. The zero-order valence-corrected chi connectivity index (χ0v) is 20.4. The lowest BCUT2D eigenvalue weighted by molar-refractivity contribution is -0.138. The predicted octanol–water partition coefficient (Wildman–Crippen LogP) is 7.44. The smallest absolute Gasteiger partial charge is 0.416 e. The lowest BCUT2D eigenvalue weighted by atomic mass is 9.95. The molecule has 1 aromatic heterocycles. The van der Waals surface area contributed by atoms with Gasteiger partial charge in [-0.3, -0.25) is 4.79 Å². The average molecular weight is 506 g/mol. The number of ether oxygens (including phenoxy) is 1. The topological polar surface area (TPSA) is 62.3 Å². The quantitative estimate of drug-likeness (QED) is 0.245. The Labute approximate surface area is 213 Å². The molecule has 3 aromatic carbocycles. The maximum atomic E-state index is 13.0. The van der Waals surface area contributed by atoms with Crippen molar-refractivity contribution in [3.8, 4) is 17.6 Å². The van der Waals surface area contributed by atoms with Crippen LogP contribution < -0.4 is 4.74 Å². The average Bonchev–Trinajstić information content (AvgIpc) is 3.34. The Balaban J connectivity index is 1.65. The second-order valence-electron chi connectivity index (χ2n) is 8.84. The van der Waals surface area contributed by atoms with E-state index in [-0.39, 0.29) is 6.42 Å². The van der Waals surface area contributed by atoms with Crippen LogP contribution in [0.3, 0.4) is 0 Å². The van der Waals surface area contributed by atoms with Crippen LogP contribution in [-0.4, -0.2) is 16.1 Å². The monoisotopic (exact) mass is 505 g/mol. The Morgan fingerprint density at radius 2 is 1.73 bits per heavy atom. The van der Waals surface area contributed by atoms with Crippen molar-refractivity contribution >= 4 is 16.9 Å². The fourth-order valence-corrected chi connectivity index (χ4v) is 4.45. The lowest BCUT2D eigenvalue weighted by Crippen LogP contribution is -2.13. The van der Waals surface area contributed by atoms with Crippen LogP contribution >= 0.6 is 0 Å². The number of H-pyrrole nitrogens is 1. The summed E-state index contributed by atoms with van der Waals surface area (Å²) >= 11 is 0. The first-order valence-electron chi connectivity index (χ1n) is 11.8. The summed E-state index contributed by atoms with van der Waals surface area (Å²) in [7, 11) is 0. The van der Waals surface area contributed by atoms with Crippen molar-refractivity contribution in [2.45, 2.75) is 44.9 Å². The summed E-state index contributed by atoms with van der Waals surface area (Å²) in [6.45, 7) is 3.65. The van der Waals surface area contributed by atoms with Crippen LogP contribution in [0.15, 0.2) is 72.9 Å². The van der Waals surface area contributed by atoms with Gasteiger partial charge in [-0.2, -0.15) is 13.2 Å². The van der Waals surface area contributed by atoms with E-state index in [4.69, 9.17) is 4.74 Å². The van der Waals surface area contributed by atoms with Gasteiger partial charge in [-0.25, -0.2) is 0 Å². The summed E-state index contributed by atoms with van der Waals surface area (Å²) in [4.78, 5) is 14.5. The minimum Gasteiger partial charge on any atom is -0.485 e. The maximum absolute atomic E-state index is 13.0. The van der Waals surface area contributed by atoms with E-state index in [1.54, 1.807) is 31.2 Å². The van der Waals surface area contributed by atoms with Crippen LogP contribution in [0, 0.1) is 18.8 Å². The number of nitrogens with one attached hydrogen (secondary N) is 1. The Hall–Kier alpha value is -4.18. The number of carbonyl (C=O) groups is 1. The summed E-state index contributed by atoms with van der Waals surface area (Å²) in [6, 6.07) is 18.2. The number of aliphatic carboxylic acids is 1. The fraction of sp³-hybridized carbons (Fsp3) is 0.233. The number of hydrogen-bond donors (Lipinski definition) is 2. The number of carboxylic acids is 1. The first-order chi connectivity index (χ1) is 17.7. The summed E-state index contributed by atoms with van der Waals surface area (Å²) in [5.74, 6) is 4.91. The van der Waals surface area contributed by atoms with Gasteiger partial charge >= 0.3 is 12.1 Å². The number of fused-ring (bicyclic) bond motifs is 1. The zero-order chi connectivity index (χ0) is 26.6. The minimum atomic E-state index is -4.40. The van der Waals surface area contributed by atoms with Crippen LogP contribution in [0.1, 0.15) is 53.2 Å². The zero-order valence-electron chi connectivity index (χ0n) is 20.4. The molecular formula is C30H26F3NO3. The van der Waals surface area contributed by atoms with Crippen LogP contribution in [0.25, 0.3) is 10.9 Å². The molecule has 0 saturated carbocycles. The third kappa shape index (κ3) is 6.15. The largest absolute Gasteiger partial charge is 0.485 e. The van der Waals surface area contributed by atoms with E-state index in [2.05, 4.69) is 16.8 Å². The third-order valence-electron chi connectivity index (χ3n) is 6.34. The van der Waals surface area contributed by atoms with E-state index < -0.39 is 29.7 Å². The molecule has 4 nitrogen and oxygen atoms in total. The van der Waals surface area contributed by atoms with Crippen molar-refractivity contribution in [3.63, 3.8) is 0 Å². The van der Waals surface area contributed by atoms with Crippen molar-refractivity contribution in [2.75, 3.05) is 0 Å². The van der Waals surface area contributed by atoms with Crippen molar-refractivity contribution in [3.05, 3.63) is 101 Å². The molecule has 4 rings (SSSR count). The molecule has 0 aliphatic heterocycles. The summed E-state index contributed by atoms with van der Waals surface area (Å²) in [5.41, 5.74) is 3.67. The number of hydrogen-bond acceptors (Lipinski definition) is 2. The van der Waals surface area contributed by atoms with Crippen LogP contribution in [0.5, 0.6) is 5.75 Å². The molecule has 190 valence electrons. The summed E-state index contributed by atoms with van der Waals surface area (Å²) in [6.07, 6.45) is -2.76. The standard InChI is InChI=1S/C30H26F3NO3/c1-3-4-23(18-28(35)36)21-7-12-25(13-8-21)37-27(17-20-5-10-24(11-6-20)30(31,32)33)26-14-9-22-15-16-34-29(22)19(26)2/h5-16,23,27,34H,17-18H2,1-2H3,(H,35,36). The van der Waals surface area contributed by atoms with Gasteiger partial charge in [0.2, 0.25) is 0 Å². The molecule has 0 bridgehead atoms. The molecule has 0 radical (unpaired) electrons. The summed E-state index contributed by atoms with van der Waals surface area (Å²) < 4.78 is 45.5. The number of aromatic amines is 1. The highest BCUT2D eigenvalue weighted by atomic mass is 19.4. The molecule has 2 N–H and O–H groups in total. The van der Waals surface area contributed by atoms with Crippen molar-refractivity contribution < 1.29 is 27.8 Å². The van der Waals surface area contributed by atoms with E-state index in [9.17, 15) is 23.1 Å². The molecule has 0 aliphatic carbocycles. The third-order valence-corrected chi connectivity index (χ3v) is 6.34. The highest BCUT2D eigenvalue weighted by Crippen LogP contribution is 2.34. The number of halogens is 3. The molecule has 7 heteroatoms. The Morgan fingerprint density at radius 3 is 2.35 bits per heavy atom. The van der Waals surface area contributed by atoms with Crippen molar-refractivity contribution in [1.29, 1.82) is 0 Å². The van der Waals surface area contributed by atoms with E-state index in [1.807, 2.05) is 31.3 Å². The maximum Gasteiger partial charge on any atom is 0.416 e. The van der Waals surface area contributed by atoms with Crippen LogP contribution in [-0.2, 0) is 17.4 Å². The second kappa shape index (κ2) is 10.8. The van der Waals surface area contributed by atoms with Crippen LogP contribution in [0.4, 0.5) is 13.2 Å². The first kappa shape index (κ1) is 25.9. The van der Waals surface area contributed by atoms with Gasteiger partial charge in [0, 0.05) is 18.1 Å². The molecule has 0 fully saturated rings. The van der Waals surface area contributed by atoms with Gasteiger partial charge < -0.3 is 14.8 Å². The van der Waals surface area contributed by atoms with E-state index >= 15 is 0 Å². The van der Waals surface area contributed by atoms with E-state index in [0.29, 0.717) is 17.7 Å². The molecule has 4 aromatic rings. The minimum absolute atomic E-state index is 0.104. The highest BCUT2D eigenvalue weighted by molar-refractivity contribution is 5.83. The van der Waals surface area contributed by atoms with Crippen LogP contribution in [0.2, 0.25) is 0 Å². The predicted molar refractivity (Wildman–Crippen MR) is 136 cm³/mol. The van der Waals surface area contributed by atoms with Gasteiger partial charge in [-0.05, 0) is 71.8 Å². The number of aryl methyl sites for hydroxylation is 1. The summed E-state index contributed by atoms with van der Waals surface area (Å²) in [5, 5.41) is 10.3. The molecule has 0 aliphatic rings. The highest BCUT2D eigenvalue weighted by Gasteiger charge is 2.30. The number of carboxylic acid groups (broad SMARTS) is 1. The van der Waals surface area contributed by atoms with Gasteiger partial charge in [-0.1, -0.05) is 42.3 Å². The molecule has 37 heavy (non-hydrogen) atoms. The van der Waals surface area contributed by atoms with Gasteiger partial charge in [0.1, 0.15) is 11.9 Å². The normalized spacial score (nSPS) is 13.0. The molecule has 0 saturated heterocycles. The van der Waals surface area contributed by atoms with Crippen molar-refractivity contribution in [1.82, 2.24) is 4.98 Å². The SMILES string of the molecule is CC#CC(CC(=O)O)c1ccc(OC(Cc2ccc(C(F)(F)F)cc2)c2ccc3cc[nH]c3c2C)cc1. The van der Waals surface area contributed by atoms with E-state index in [1.165, 1.54) is 12.1 Å². The van der Waals surface area contributed by atoms with Gasteiger partial charge in [0.25, 0.3) is 0 Å². The van der Waals surface area contributed by atoms with Gasteiger partial charge in [-0.15, -0.1) is 5.92 Å².